The van der Waals surface area contributed by atoms with E-state index in [2.05, 4.69) is 16.5 Å². The SMILES string of the molecule is CCC1(Cn2c(Cc3ccc(-c4cccc(OCc5ccc(Cl)cc5OC)n4)c(F)c3)nc3ccc(C(=O)O)cc32)CC1. The molecule has 2 aromatic heterocycles. The maximum Gasteiger partial charge on any atom is 0.335 e. The molecule has 7 nitrogen and oxygen atoms in total. The second kappa shape index (κ2) is 11.7. The second-order valence-corrected chi connectivity index (χ2v) is 11.5. The van der Waals surface area contributed by atoms with Gasteiger partial charge in [-0.3, -0.25) is 0 Å². The first-order chi connectivity index (χ1) is 20.8. The van der Waals surface area contributed by atoms with E-state index in [0.29, 0.717) is 34.3 Å². The van der Waals surface area contributed by atoms with Gasteiger partial charge in [0.2, 0.25) is 5.88 Å². The maximum atomic E-state index is 15.5. The number of hydrogen-bond donors (Lipinski definition) is 1. The number of rotatable bonds is 11. The number of imidazole rings is 1. The van der Waals surface area contributed by atoms with E-state index in [-0.39, 0.29) is 17.6 Å². The summed E-state index contributed by atoms with van der Waals surface area (Å²) in [5, 5.41) is 10.1. The van der Waals surface area contributed by atoms with Crippen molar-refractivity contribution in [3.63, 3.8) is 0 Å². The van der Waals surface area contributed by atoms with Crippen LogP contribution in [-0.4, -0.2) is 32.7 Å². The zero-order valence-corrected chi connectivity index (χ0v) is 24.7. The molecule has 1 aliphatic rings. The number of carboxylic acids is 1. The van der Waals surface area contributed by atoms with Gasteiger partial charge in [-0.05, 0) is 78.8 Å². The maximum absolute atomic E-state index is 15.5. The van der Waals surface area contributed by atoms with Gasteiger partial charge in [0.05, 0.1) is 29.4 Å². The molecule has 0 bridgehead atoms. The summed E-state index contributed by atoms with van der Waals surface area (Å²) in [5.74, 6) is 0.388. The van der Waals surface area contributed by atoms with Crippen LogP contribution in [0.1, 0.15) is 53.5 Å². The first-order valence-corrected chi connectivity index (χ1v) is 14.6. The summed E-state index contributed by atoms with van der Waals surface area (Å²) in [7, 11) is 1.57. The molecule has 9 heteroatoms. The van der Waals surface area contributed by atoms with E-state index in [4.69, 9.17) is 26.1 Å². The summed E-state index contributed by atoms with van der Waals surface area (Å²) < 4.78 is 28.9. The van der Waals surface area contributed by atoms with Crippen LogP contribution < -0.4 is 9.47 Å². The van der Waals surface area contributed by atoms with E-state index in [9.17, 15) is 9.90 Å². The molecule has 220 valence electrons. The number of hydrogen-bond acceptors (Lipinski definition) is 5. The minimum Gasteiger partial charge on any atom is -0.496 e. The average Bonchev–Trinajstić information content (AvgIpc) is 3.71. The minimum atomic E-state index is -0.974. The topological polar surface area (TPSA) is 86.5 Å². The number of ether oxygens (including phenoxy) is 2. The van der Waals surface area contributed by atoms with Crippen LogP contribution in [0.3, 0.4) is 0 Å². The molecular formula is C34H31ClFN3O4. The van der Waals surface area contributed by atoms with Crippen LogP contribution in [0, 0.1) is 11.2 Å². The highest BCUT2D eigenvalue weighted by atomic mass is 35.5. The van der Waals surface area contributed by atoms with Crippen molar-refractivity contribution in [2.24, 2.45) is 5.41 Å². The monoisotopic (exact) mass is 599 g/mol. The van der Waals surface area contributed by atoms with Crippen molar-refractivity contribution in [1.29, 1.82) is 0 Å². The lowest BCUT2D eigenvalue weighted by atomic mass is 10.0. The third-order valence-corrected chi connectivity index (χ3v) is 8.53. The first kappa shape index (κ1) is 28.7. The quantitative estimate of drug-likeness (QED) is 0.166. The summed E-state index contributed by atoms with van der Waals surface area (Å²) in [4.78, 5) is 21.0. The average molecular weight is 600 g/mol. The fourth-order valence-electron chi connectivity index (χ4n) is 5.45. The Labute approximate surface area is 253 Å². The third-order valence-electron chi connectivity index (χ3n) is 8.29. The van der Waals surface area contributed by atoms with Gasteiger partial charge in [-0.15, -0.1) is 0 Å². The number of halogens is 2. The van der Waals surface area contributed by atoms with E-state index in [1.165, 1.54) is 6.07 Å². The highest BCUT2D eigenvalue weighted by Crippen LogP contribution is 2.50. The number of carboxylic acid groups (broad SMARTS) is 1. The smallest absolute Gasteiger partial charge is 0.335 e. The predicted molar refractivity (Wildman–Crippen MR) is 163 cm³/mol. The molecular weight excluding hydrogens is 569 g/mol. The van der Waals surface area contributed by atoms with E-state index in [1.54, 1.807) is 61.7 Å². The molecule has 0 amide bonds. The molecule has 1 saturated carbocycles. The standard InChI is InChI=1S/C34H31ClFN3O4/c1-3-34(13-14-34)20-39-29-17-22(33(40)41)9-12-28(29)37-31(39)16-21-7-11-25(26(36)15-21)27-5-4-6-32(38-27)43-19-23-8-10-24(35)18-30(23)42-2/h4-12,15,17-18H,3,13-14,16,19-20H2,1-2H3,(H,40,41). The van der Waals surface area contributed by atoms with Crippen molar-refractivity contribution < 1.29 is 23.8 Å². The Morgan fingerprint density at radius 2 is 1.91 bits per heavy atom. The number of benzene rings is 3. The second-order valence-electron chi connectivity index (χ2n) is 11.1. The van der Waals surface area contributed by atoms with Crippen LogP contribution in [0.5, 0.6) is 11.6 Å². The van der Waals surface area contributed by atoms with E-state index in [1.807, 2.05) is 12.1 Å². The number of fused-ring (bicyclic) bond motifs is 1. The Bertz CT molecular complexity index is 1830. The molecule has 0 aliphatic heterocycles. The van der Waals surface area contributed by atoms with Crippen LogP contribution in [0.25, 0.3) is 22.3 Å². The fourth-order valence-corrected chi connectivity index (χ4v) is 5.61. The van der Waals surface area contributed by atoms with Crippen LogP contribution in [0.2, 0.25) is 5.02 Å². The van der Waals surface area contributed by atoms with Gasteiger partial charge in [-0.1, -0.05) is 36.7 Å². The molecule has 1 aliphatic carbocycles. The van der Waals surface area contributed by atoms with Crippen LogP contribution in [0.4, 0.5) is 4.39 Å². The van der Waals surface area contributed by atoms with Gasteiger partial charge in [-0.25, -0.2) is 19.2 Å². The number of aromatic nitrogens is 3. The zero-order chi connectivity index (χ0) is 30.1. The van der Waals surface area contributed by atoms with Gasteiger partial charge in [0.25, 0.3) is 0 Å². The number of carbonyl (C=O) groups is 1. The fraction of sp³-hybridized carbons (Fsp3) is 0.265. The van der Waals surface area contributed by atoms with Crippen molar-refractivity contribution in [3.05, 3.63) is 106 Å². The first-order valence-electron chi connectivity index (χ1n) is 14.2. The van der Waals surface area contributed by atoms with Gasteiger partial charge in [-0.2, -0.15) is 0 Å². The Kier molecular flexibility index (Phi) is 7.79. The van der Waals surface area contributed by atoms with Gasteiger partial charge in [0, 0.05) is 35.2 Å². The number of aromatic carboxylic acids is 1. The normalized spacial score (nSPS) is 13.7. The van der Waals surface area contributed by atoms with Gasteiger partial charge >= 0.3 is 5.97 Å². The largest absolute Gasteiger partial charge is 0.496 e. The number of pyridine rings is 1. The number of methoxy groups -OCH3 is 1. The lowest BCUT2D eigenvalue weighted by Crippen LogP contribution is -2.14. The molecule has 1 fully saturated rings. The molecule has 5 aromatic rings. The molecule has 0 radical (unpaired) electrons. The lowest BCUT2D eigenvalue weighted by molar-refractivity contribution is 0.0697. The minimum absolute atomic E-state index is 0.203. The summed E-state index contributed by atoms with van der Waals surface area (Å²) in [5.41, 5.74) is 4.35. The molecule has 0 spiro atoms. The Balaban J connectivity index is 1.24. The van der Waals surface area contributed by atoms with Gasteiger partial charge < -0.3 is 19.1 Å². The molecule has 2 heterocycles. The van der Waals surface area contributed by atoms with Crippen molar-refractivity contribution in [2.75, 3.05) is 7.11 Å². The molecule has 0 atom stereocenters. The molecule has 0 saturated heterocycles. The summed E-state index contributed by atoms with van der Waals surface area (Å²) >= 11 is 6.06. The molecule has 43 heavy (non-hydrogen) atoms. The summed E-state index contributed by atoms with van der Waals surface area (Å²) in [6.45, 7) is 3.16. The zero-order valence-electron chi connectivity index (χ0n) is 23.9. The van der Waals surface area contributed by atoms with E-state index in [0.717, 1.165) is 53.8 Å². The van der Waals surface area contributed by atoms with Crippen LogP contribution in [-0.2, 0) is 19.6 Å². The van der Waals surface area contributed by atoms with Crippen molar-refractivity contribution in [2.45, 2.75) is 45.8 Å². The van der Waals surface area contributed by atoms with Gasteiger partial charge in [0.1, 0.15) is 24.0 Å². The highest BCUT2D eigenvalue weighted by molar-refractivity contribution is 6.30. The van der Waals surface area contributed by atoms with Crippen molar-refractivity contribution in [3.8, 4) is 22.9 Å². The van der Waals surface area contributed by atoms with Crippen molar-refractivity contribution in [1.82, 2.24) is 14.5 Å². The highest BCUT2D eigenvalue weighted by Gasteiger charge is 2.41. The Morgan fingerprint density at radius 1 is 1.07 bits per heavy atom. The molecule has 6 rings (SSSR count). The van der Waals surface area contributed by atoms with Crippen LogP contribution >= 0.6 is 11.6 Å². The van der Waals surface area contributed by atoms with E-state index >= 15 is 4.39 Å². The van der Waals surface area contributed by atoms with Gasteiger partial charge in [0.15, 0.2) is 0 Å². The van der Waals surface area contributed by atoms with Crippen LogP contribution in [0.15, 0.2) is 72.8 Å². The number of nitrogens with zero attached hydrogens (tertiary/aromatic N) is 3. The third kappa shape index (κ3) is 6.06. The van der Waals surface area contributed by atoms with Crippen molar-refractivity contribution >= 4 is 28.6 Å². The lowest BCUT2D eigenvalue weighted by Gasteiger charge is -2.17. The summed E-state index contributed by atoms with van der Waals surface area (Å²) in [6, 6.07) is 20.7. The van der Waals surface area contributed by atoms with E-state index < -0.39 is 11.8 Å². The summed E-state index contributed by atoms with van der Waals surface area (Å²) in [6.07, 6.45) is 3.71. The Hall–Kier alpha value is -4.43. The molecule has 1 N–H and O–H groups in total. The molecule has 3 aromatic carbocycles. The predicted octanol–water partition coefficient (Wildman–Crippen LogP) is 7.96. The molecule has 0 unspecified atom stereocenters. The Morgan fingerprint density at radius 3 is 2.63 bits per heavy atom.